The van der Waals surface area contributed by atoms with Gasteiger partial charge in [-0.1, -0.05) is 0 Å². The van der Waals surface area contributed by atoms with Crippen LogP contribution in [0.5, 0.6) is 0 Å². The van der Waals surface area contributed by atoms with Gasteiger partial charge in [0.25, 0.3) is 0 Å². The summed E-state index contributed by atoms with van der Waals surface area (Å²) in [5.74, 6) is 0. The van der Waals surface area contributed by atoms with Crippen molar-refractivity contribution < 1.29 is 0 Å². The number of hydrogen-bond donors (Lipinski definition) is 0. The summed E-state index contributed by atoms with van der Waals surface area (Å²) in [6, 6.07) is 44.2. The van der Waals surface area contributed by atoms with Crippen molar-refractivity contribution in [3.05, 3.63) is 127 Å². The van der Waals surface area contributed by atoms with Crippen molar-refractivity contribution in [2.45, 2.75) is 6.16 Å². The predicted octanol–water partition coefficient (Wildman–Crippen LogP) is 5.45. The summed E-state index contributed by atoms with van der Waals surface area (Å²) in [5, 5.41) is 4.38. The molecule has 0 amide bonds. The van der Waals surface area contributed by atoms with Crippen LogP contribution < -0.4 is 15.9 Å². The summed E-state index contributed by atoms with van der Waals surface area (Å²) >= 11 is 0. The Morgan fingerprint density at radius 3 is 1.04 bits per heavy atom. The summed E-state index contributed by atoms with van der Waals surface area (Å²) in [7, 11) is -2.16. The van der Waals surface area contributed by atoms with Crippen LogP contribution in [0.4, 0.5) is 0 Å². The van der Waals surface area contributed by atoms with Crippen molar-refractivity contribution >= 4 is 49.1 Å². The van der Waals surface area contributed by atoms with Gasteiger partial charge in [0, 0.05) is 0 Å². The summed E-state index contributed by atoms with van der Waals surface area (Å²) < 4.78 is 0. The van der Waals surface area contributed by atoms with Crippen molar-refractivity contribution in [1.29, 1.82) is 0 Å². The molecular formula is C25H26ClPS. The van der Waals surface area contributed by atoms with Gasteiger partial charge in [0.15, 0.2) is 0 Å². The van der Waals surface area contributed by atoms with Crippen molar-refractivity contribution in [3.8, 4) is 0 Å². The molecule has 144 valence electrons. The second-order valence-electron chi connectivity index (χ2n) is 6.67. The Balaban J connectivity index is 0.00000140. The zero-order chi connectivity index (χ0) is 17.7. The van der Waals surface area contributed by atoms with Crippen LogP contribution in [0.1, 0.15) is 5.56 Å². The average molecular weight is 425 g/mol. The first-order chi connectivity index (χ1) is 12.9. The summed E-state index contributed by atoms with van der Waals surface area (Å²) in [6.07, 6.45) is 1.06. The van der Waals surface area contributed by atoms with Crippen LogP contribution in [0.3, 0.4) is 0 Å². The predicted molar refractivity (Wildman–Crippen MR) is 134 cm³/mol. The molecule has 0 atom stereocenters. The van der Waals surface area contributed by atoms with Gasteiger partial charge in [0.2, 0.25) is 0 Å². The third kappa shape index (κ3) is 4.50. The molecule has 0 heterocycles. The number of halogens is 1. The number of hydrogen-bond acceptors (Lipinski definition) is 0. The molecule has 4 rings (SSSR count). The van der Waals surface area contributed by atoms with Gasteiger partial charge in [-0.2, -0.15) is 13.5 Å². The van der Waals surface area contributed by atoms with E-state index in [2.05, 4.69) is 121 Å². The van der Waals surface area contributed by atoms with Crippen molar-refractivity contribution in [2.24, 2.45) is 0 Å². The standard InChI is InChI=1S/C25H23P.ClH.H2S/c1-5-13-22(14-6-1)21-26(23-15-7-2-8-16-23,24-17-9-3-10-18-24)25-19-11-4-12-20-25;;/h1-20,26H,21H2;1H;1H2. The minimum atomic E-state index is -2.16. The second-order valence-corrected chi connectivity index (χ2v) is 10.6. The maximum atomic E-state index is 2.31. The van der Waals surface area contributed by atoms with E-state index >= 15 is 0 Å². The molecule has 0 aliphatic carbocycles. The molecule has 0 aliphatic rings. The van der Waals surface area contributed by atoms with Gasteiger partial charge in [0.1, 0.15) is 0 Å². The van der Waals surface area contributed by atoms with Gasteiger partial charge in [-0.25, -0.2) is 0 Å². The fourth-order valence-corrected chi connectivity index (χ4v) is 8.62. The molecule has 0 radical (unpaired) electrons. The molecule has 0 aliphatic heterocycles. The third-order valence-corrected chi connectivity index (χ3v) is 10.0. The van der Waals surface area contributed by atoms with Gasteiger partial charge in [-0.05, 0) is 0 Å². The van der Waals surface area contributed by atoms with E-state index < -0.39 is 7.26 Å². The van der Waals surface area contributed by atoms with Crippen LogP contribution in [0.25, 0.3) is 0 Å². The molecule has 0 spiro atoms. The van der Waals surface area contributed by atoms with E-state index in [-0.39, 0.29) is 25.9 Å². The van der Waals surface area contributed by atoms with Crippen LogP contribution in [0, 0.1) is 0 Å². The third-order valence-electron chi connectivity index (χ3n) is 5.11. The molecule has 4 aromatic rings. The molecule has 4 aromatic carbocycles. The van der Waals surface area contributed by atoms with Crippen LogP contribution in [-0.4, -0.2) is 0 Å². The molecule has 0 bridgehead atoms. The molecule has 0 N–H and O–H groups in total. The van der Waals surface area contributed by atoms with Crippen LogP contribution in [0.2, 0.25) is 0 Å². The summed E-state index contributed by atoms with van der Waals surface area (Å²) in [5.41, 5.74) is 1.40. The van der Waals surface area contributed by atoms with Crippen molar-refractivity contribution in [2.75, 3.05) is 0 Å². The zero-order valence-electron chi connectivity index (χ0n) is 15.7. The fourth-order valence-electron chi connectivity index (χ4n) is 3.88. The topological polar surface area (TPSA) is 0 Å². The molecule has 3 heteroatoms. The molecule has 0 aromatic heterocycles. The van der Waals surface area contributed by atoms with Crippen LogP contribution in [-0.2, 0) is 6.16 Å². The molecule has 0 nitrogen and oxygen atoms in total. The molecule has 0 saturated heterocycles. The van der Waals surface area contributed by atoms with Gasteiger partial charge >= 0.3 is 156 Å². The van der Waals surface area contributed by atoms with E-state index in [1.54, 1.807) is 0 Å². The Morgan fingerprint density at radius 1 is 0.429 bits per heavy atom. The van der Waals surface area contributed by atoms with E-state index in [4.69, 9.17) is 0 Å². The monoisotopic (exact) mass is 424 g/mol. The van der Waals surface area contributed by atoms with E-state index in [0.717, 1.165) is 6.16 Å². The Bertz CT molecular complexity index is 848. The van der Waals surface area contributed by atoms with Gasteiger partial charge in [-0.15, -0.1) is 12.4 Å². The molecular weight excluding hydrogens is 399 g/mol. The quantitative estimate of drug-likeness (QED) is 0.374. The Hall–Kier alpha value is -2.05. The SMILES string of the molecule is Cl.S.c1ccc(C[PH](c2ccccc2)(c2ccccc2)c2ccccc2)cc1. The van der Waals surface area contributed by atoms with Crippen LogP contribution in [0.15, 0.2) is 121 Å². The van der Waals surface area contributed by atoms with Crippen molar-refractivity contribution in [3.63, 3.8) is 0 Å². The molecule has 0 saturated carbocycles. The Labute approximate surface area is 181 Å². The van der Waals surface area contributed by atoms with Crippen LogP contribution >= 0.6 is 33.2 Å². The van der Waals surface area contributed by atoms with E-state index in [1.807, 2.05) is 0 Å². The average Bonchev–Trinajstić information content (AvgIpc) is 2.75. The molecule has 0 fully saturated rings. The normalized spacial score (nSPS) is 11.0. The number of rotatable bonds is 5. The van der Waals surface area contributed by atoms with Gasteiger partial charge in [0.05, 0.1) is 0 Å². The number of benzene rings is 4. The Kier molecular flexibility index (Phi) is 8.33. The summed E-state index contributed by atoms with van der Waals surface area (Å²) in [4.78, 5) is 0. The van der Waals surface area contributed by atoms with Crippen molar-refractivity contribution in [1.82, 2.24) is 0 Å². The first-order valence-corrected chi connectivity index (χ1v) is 11.3. The minimum absolute atomic E-state index is 0. The van der Waals surface area contributed by atoms with Gasteiger partial charge < -0.3 is 0 Å². The van der Waals surface area contributed by atoms with E-state index in [0.29, 0.717) is 0 Å². The first kappa shape index (κ1) is 22.2. The molecule has 0 unspecified atom stereocenters. The summed E-state index contributed by atoms with van der Waals surface area (Å²) in [6.45, 7) is 0. The second kappa shape index (κ2) is 10.5. The van der Waals surface area contributed by atoms with E-state index in [9.17, 15) is 0 Å². The fraction of sp³-hybridized carbons (Fsp3) is 0.0400. The van der Waals surface area contributed by atoms with E-state index in [1.165, 1.54) is 21.5 Å². The molecule has 28 heavy (non-hydrogen) atoms. The zero-order valence-corrected chi connectivity index (χ0v) is 18.5. The Morgan fingerprint density at radius 2 is 0.714 bits per heavy atom. The first-order valence-electron chi connectivity index (χ1n) is 9.10. The van der Waals surface area contributed by atoms with Gasteiger partial charge in [-0.3, -0.25) is 0 Å². The maximum absolute atomic E-state index is 2.31.